The smallest absolute Gasteiger partial charge is 0.225 e. The maximum Gasteiger partial charge on any atom is 0.225 e. The van der Waals surface area contributed by atoms with Crippen LogP contribution in [-0.2, 0) is 28.5 Å². The van der Waals surface area contributed by atoms with Gasteiger partial charge in [0.2, 0.25) is 5.91 Å². The molecule has 0 unspecified atom stereocenters. The van der Waals surface area contributed by atoms with Crippen molar-refractivity contribution in [3.63, 3.8) is 0 Å². The fraction of sp³-hybridized carbons (Fsp3) is 0.645. The summed E-state index contributed by atoms with van der Waals surface area (Å²) in [5.41, 5.74) is 6.48. The normalized spacial score (nSPS) is 11.8. The van der Waals surface area contributed by atoms with Gasteiger partial charge in [0, 0.05) is 22.7 Å². The van der Waals surface area contributed by atoms with E-state index in [1.807, 2.05) is 23.9 Å². The van der Waals surface area contributed by atoms with Crippen LogP contribution in [0.2, 0.25) is 0 Å². The molecule has 0 spiro atoms. The third kappa shape index (κ3) is 17.0. The summed E-state index contributed by atoms with van der Waals surface area (Å²) < 4.78 is 27.2. The minimum absolute atomic E-state index is 0.0336. The molecule has 8 nitrogen and oxygen atoms in total. The lowest BCUT2D eigenvalue weighted by atomic mass is 10.00. The molecule has 2 N–H and O–H groups in total. The van der Waals surface area contributed by atoms with E-state index in [9.17, 15) is 4.79 Å². The molecule has 0 atom stereocenters. The zero-order chi connectivity index (χ0) is 29.5. The summed E-state index contributed by atoms with van der Waals surface area (Å²) in [5, 5.41) is 0. The van der Waals surface area contributed by atoms with Crippen molar-refractivity contribution in [3.8, 4) is 12.3 Å². The predicted molar refractivity (Wildman–Crippen MR) is 163 cm³/mol. The van der Waals surface area contributed by atoms with Gasteiger partial charge in [0.15, 0.2) is 0 Å². The van der Waals surface area contributed by atoms with Gasteiger partial charge in [0.1, 0.15) is 0 Å². The molecule has 1 aromatic carbocycles. The summed E-state index contributed by atoms with van der Waals surface area (Å²) in [4.78, 5) is 15.6. The largest absolute Gasteiger partial charge is 0.379 e. The molecule has 1 rings (SSSR count). The molecule has 0 aliphatic rings. The summed E-state index contributed by atoms with van der Waals surface area (Å²) in [6.07, 6.45) is 9.85. The third-order valence-corrected chi connectivity index (χ3v) is 7.74. The van der Waals surface area contributed by atoms with Crippen molar-refractivity contribution in [2.24, 2.45) is 11.7 Å². The highest BCUT2D eigenvalue weighted by molar-refractivity contribution is 8.00. The monoisotopic (exact) mass is 578 g/mol. The number of carbonyl (C=O) groups excluding carboxylic acids is 1. The molecule has 1 amide bonds. The Morgan fingerprint density at radius 3 is 2.00 bits per heavy atom. The van der Waals surface area contributed by atoms with E-state index in [2.05, 4.69) is 57.9 Å². The summed E-state index contributed by atoms with van der Waals surface area (Å²) in [6.45, 7) is 15.0. The number of hydrogen-bond donors (Lipinski definition) is 1. The topological polar surface area (TPSA) is 92.5 Å². The highest BCUT2D eigenvalue weighted by Crippen LogP contribution is 2.39. The molecule has 40 heavy (non-hydrogen) atoms. The van der Waals surface area contributed by atoms with Gasteiger partial charge in [-0.1, -0.05) is 64.0 Å². The number of ether oxygens (including phenoxy) is 5. The van der Waals surface area contributed by atoms with Crippen molar-refractivity contribution in [2.45, 2.75) is 43.8 Å². The van der Waals surface area contributed by atoms with Crippen LogP contribution in [0.3, 0.4) is 0 Å². The number of hydrogen-bond acceptors (Lipinski definition) is 8. The van der Waals surface area contributed by atoms with Gasteiger partial charge in [-0.15, -0.1) is 18.2 Å². The fourth-order valence-electron chi connectivity index (χ4n) is 3.17. The minimum atomic E-state index is -0.0336. The van der Waals surface area contributed by atoms with Crippen LogP contribution in [-0.4, -0.2) is 101 Å². The zero-order valence-corrected chi connectivity index (χ0v) is 25.7. The molecule has 0 radical (unpaired) electrons. The van der Waals surface area contributed by atoms with Crippen LogP contribution in [0.4, 0.5) is 0 Å². The second kappa shape index (κ2) is 22.8. The first-order valence-corrected chi connectivity index (χ1v) is 14.9. The second-order valence-corrected chi connectivity index (χ2v) is 11.6. The van der Waals surface area contributed by atoms with Gasteiger partial charge in [0.25, 0.3) is 0 Å². The molecule has 0 aliphatic carbocycles. The Morgan fingerprint density at radius 2 is 1.48 bits per heavy atom. The lowest BCUT2D eigenvalue weighted by molar-refractivity contribution is -0.131. The molecule has 9 heteroatoms. The van der Waals surface area contributed by atoms with E-state index >= 15 is 0 Å². The van der Waals surface area contributed by atoms with E-state index < -0.39 is 0 Å². The molecule has 1 aromatic rings. The highest BCUT2D eigenvalue weighted by atomic mass is 32.2. The zero-order valence-electron chi connectivity index (χ0n) is 24.9. The van der Waals surface area contributed by atoms with Gasteiger partial charge in [-0.25, -0.2) is 0 Å². The van der Waals surface area contributed by atoms with Crippen LogP contribution in [0, 0.1) is 18.3 Å². The van der Waals surface area contributed by atoms with Crippen LogP contribution in [0.25, 0.3) is 6.08 Å². The number of benzene rings is 1. The Bertz CT molecular complexity index is 872. The van der Waals surface area contributed by atoms with Crippen molar-refractivity contribution in [3.05, 3.63) is 35.9 Å². The van der Waals surface area contributed by atoms with Crippen LogP contribution in [0.1, 0.15) is 39.7 Å². The van der Waals surface area contributed by atoms with E-state index in [0.29, 0.717) is 85.1 Å². The van der Waals surface area contributed by atoms with Gasteiger partial charge in [0.05, 0.1) is 79.0 Å². The van der Waals surface area contributed by atoms with E-state index in [-0.39, 0.29) is 23.6 Å². The Hall–Kier alpha value is -1.90. The number of nitrogens with zero attached hydrogens (tertiary/aromatic N) is 1. The Kier molecular flexibility index (Phi) is 20.5. The molecule has 226 valence electrons. The second-order valence-electron chi connectivity index (χ2n) is 9.88. The maximum absolute atomic E-state index is 12.7. The number of amides is 1. The number of nitrogens with two attached hydrogens (primary N) is 1. The van der Waals surface area contributed by atoms with Gasteiger partial charge in [-0.3, -0.25) is 4.79 Å². The minimum Gasteiger partial charge on any atom is -0.379 e. The maximum atomic E-state index is 12.7. The van der Waals surface area contributed by atoms with Gasteiger partial charge in [-0.2, -0.15) is 0 Å². The number of terminal acetylenes is 1. The Morgan fingerprint density at radius 1 is 0.950 bits per heavy atom. The van der Waals surface area contributed by atoms with Gasteiger partial charge < -0.3 is 34.3 Å². The molecule has 0 heterocycles. The van der Waals surface area contributed by atoms with E-state index in [4.69, 9.17) is 35.8 Å². The van der Waals surface area contributed by atoms with Crippen LogP contribution >= 0.6 is 11.8 Å². The molecular formula is C31H50N2O6S. The van der Waals surface area contributed by atoms with Gasteiger partial charge in [-0.05, 0) is 17.5 Å². The molecule has 0 saturated heterocycles. The fourth-order valence-corrected chi connectivity index (χ4v) is 4.37. The van der Waals surface area contributed by atoms with E-state index in [1.165, 1.54) is 4.90 Å². The SMILES string of the molecule is C#CCN(C/C=C/c1ccccc1SC(C)(C)C(C)C)C(=O)CCOCCOCCOCCOCCOCCN. The molecule has 0 saturated carbocycles. The molecule has 0 aliphatic heterocycles. The van der Waals surface area contributed by atoms with E-state index in [0.717, 1.165) is 5.56 Å². The number of rotatable bonds is 24. The van der Waals surface area contributed by atoms with Gasteiger partial charge >= 0.3 is 0 Å². The molecule has 0 aromatic heterocycles. The first-order chi connectivity index (χ1) is 19.3. The van der Waals surface area contributed by atoms with Crippen LogP contribution < -0.4 is 5.73 Å². The lowest BCUT2D eigenvalue weighted by Crippen LogP contribution is -2.32. The average molecular weight is 579 g/mol. The van der Waals surface area contributed by atoms with Crippen molar-refractivity contribution in [1.29, 1.82) is 0 Å². The lowest BCUT2D eigenvalue weighted by Gasteiger charge is -2.29. The van der Waals surface area contributed by atoms with Crippen molar-refractivity contribution < 1.29 is 28.5 Å². The quantitative estimate of drug-likeness (QED) is 0.111. The predicted octanol–water partition coefficient (Wildman–Crippen LogP) is 4.12. The number of carbonyl (C=O) groups is 1. The molecule has 0 bridgehead atoms. The standard InChI is InChI=1S/C31H50N2O6S/c1-6-15-33(16-9-11-28-10-7-8-12-29(28)40-31(4,5)27(2)3)30(34)13-17-35-19-21-37-23-25-39-26-24-38-22-20-36-18-14-32/h1,7-12,27H,13-26,32H2,2-5H3/b11-9+. The average Bonchev–Trinajstić information content (AvgIpc) is 2.92. The van der Waals surface area contributed by atoms with E-state index in [1.54, 1.807) is 4.90 Å². The summed E-state index contributed by atoms with van der Waals surface area (Å²) >= 11 is 1.87. The Balaban J connectivity index is 2.23. The van der Waals surface area contributed by atoms with Crippen LogP contribution in [0.5, 0.6) is 0 Å². The van der Waals surface area contributed by atoms with Crippen molar-refractivity contribution >= 4 is 23.7 Å². The molecule has 0 fully saturated rings. The third-order valence-electron chi connectivity index (χ3n) is 6.15. The van der Waals surface area contributed by atoms with Crippen LogP contribution in [0.15, 0.2) is 35.2 Å². The number of thioether (sulfide) groups is 1. The first kappa shape index (κ1) is 36.1. The summed E-state index contributed by atoms with van der Waals surface area (Å²) in [7, 11) is 0. The summed E-state index contributed by atoms with van der Waals surface area (Å²) in [6, 6.07) is 8.34. The summed E-state index contributed by atoms with van der Waals surface area (Å²) in [5.74, 6) is 3.09. The van der Waals surface area contributed by atoms with Crippen molar-refractivity contribution in [2.75, 3.05) is 85.7 Å². The highest BCUT2D eigenvalue weighted by Gasteiger charge is 2.24. The van der Waals surface area contributed by atoms with Crippen molar-refractivity contribution in [1.82, 2.24) is 4.90 Å². The molecular weight excluding hydrogens is 528 g/mol. The Labute approximate surface area is 246 Å². The first-order valence-electron chi connectivity index (χ1n) is 14.1.